The number of nitriles is 1. The van der Waals surface area contributed by atoms with E-state index >= 15 is 0 Å². The van der Waals surface area contributed by atoms with Crippen LogP contribution < -0.4 is 0 Å². The van der Waals surface area contributed by atoms with Crippen molar-refractivity contribution in [1.82, 2.24) is 19.4 Å². The monoisotopic (exact) mass is 337 g/mol. The predicted octanol–water partition coefficient (Wildman–Crippen LogP) is 3.06. The molecule has 1 aliphatic heterocycles. The lowest BCUT2D eigenvalue weighted by Crippen LogP contribution is -2.41. The molecule has 0 saturated carbocycles. The topological polar surface area (TPSA) is 74.8 Å². The fourth-order valence-electron chi connectivity index (χ4n) is 3.41. The van der Waals surface area contributed by atoms with Crippen LogP contribution >= 0.6 is 0 Å². The maximum atomic E-state index is 12.8. The minimum atomic E-state index is -0.0662. The van der Waals surface area contributed by atoms with Crippen LogP contribution in [0, 0.1) is 18.3 Å². The molecule has 0 spiro atoms. The van der Waals surface area contributed by atoms with E-state index in [1.54, 1.807) is 19.1 Å². The first-order chi connectivity index (χ1) is 12.0. The summed E-state index contributed by atoms with van der Waals surface area (Å²) in [5.74, 6) is 1.35. The second-order valence-corrected chi connectivity index (χ2v) is 6.84. The molecule has 0 aliphatic carbocycles. The number of carbonyl (C=O) groups excluding carboxylic acids is 1. The number of likely N-dealkylation sites (tertiary alicyclic amines) is 1. The summed E-state index contributed by atoms with van der Waals surface area (Å²) in [6, 6.07) is 5.65. The van der Waals surface area contributed by atoms with Gasteiger partial charge in [0.05, 0.1) is 17.3 Å². The Bertz CT molecular complexity index is 817. The van der Waals surface area contributed by atoms with Gasteiger partial charge in [-0.05, 0) is 31.9 Å². The molecule has 6 nitrogen and oxygen atoms in total. The molecular weight excluding hydrogens is 314 g/mol. The third-order valence-electron chi connectivity index (χ3n) is 4.72. The average Bonchev–Trinajstić information content (AvgIpc) is 3.11. The molecule has 6 heteroatoms. The van der Waals surface area contributed by atoms with Crippen LogP contribution in [0.4, 0.5) is 0 Å². The summed E-state index contributed by atoms with van der Waals surface area (Å²) in [7, 11) is 0. The Kier molecular flexibility index (Phi) is 4.84. The normalized spacial score (nSPS) is 17.6. The van der Waals surface area contributed by atoms with Gasteiger partial charge >= 0.3 is 0 Å². The lowest BCUT2D eigenvalue weighted by molar-refractivity contribution is 0.0671. The summed E-state index contributed by atoms with van der Waals surface area (Å²) in [5, 5.41) is 9.01. The van der Waals surface area contributed by atoms with Crippen LogP contribution in [-0.4, -0.2) is 38.4 Å². The van der Waals surface area contributed by atoms with E-state index in [-0.39, 0.29) is 11.9 Å². The molecule has 3 rings (SSSR count). The van der Waals surface area contributed by atoms with Crippen LogP contribution in [0.2, 0.25) is 0 Å². The van der Waals surface area contributed by atoms with Gasteiger partial charge in [-0.15, -0.1) is 0 Å². The van der Waals surface area contributed by atoms with Gasteiger partial charge in [0, 0.05) is 31.4 Å². The number of hydrogen-bond donors (Lipinski definition) is 0. The lowest BCUT2D eigenvalue weighted by atomic mass is 10.0. The predicted molar refractivity (Wildman–Crippen MR) is 94.2 cm³/mol. The Morgan fingerprint density at radius 3 is 2.88 bits per heavy atom. The molecule has 2 aromatic rings. The SMILES string of the molecule is Cc1nc(C(=O)N2CCCC(n3ccnc3C(C)C)C2)ccc1C#N. The van der Waals surface area contributed by atoms with Gasteiger partial charge in [0.1, 0.15) is 17.6 Å². The van der Waals surface area contributed by atoms with E-state index in [1.165, 1.54) is 0 Å². The zero-order valence-electron chi connectivity index (χ0n) is 14.9. The lowest BCUT2D eigenvalue weighted by Gasteiger charge is -2.34. The number of nitrogens with zero attached hydrogens (tertiary/aromatic N) is 5. The van der Waals surface area contributed by atoms with E-state index in [1.807, 2.05) is 17.3 Å². The summed E-state index contributed by atoms with van der Waals surface area (Å²) >= 11 is 0. The Morgan fingerprint density at radius 1 is 1.40 bits per heavy atom. The average molecular weight is 337 g/mol. The summed E-state index contributed by atoms with van der Waals surface area (Å²) in [5.41, 5.74) is 1.51. The van der Waals surface area contributed by atoms with E-state index in [0.717, 1.165) is 25.2 Å². The van der Waals surface area contributed by atoms with E-state index in [4.69, 9.17) is 5.26 Å². The van der Waals surface area contributed by atoms with Gasteiger partial charge < -0.3 is 9.47 Å². The van der Waals surface area contributed by atoms with E-state index in [9.17, 15) is 4.79 Å². The summed E-state index contributed by atoms with van der Waals surface area (Å²) in [6.45, 7) is 7.42. The Labute approximate surface area is 148 Å². The first-order valence-corrected chi connectivity index (χ1v) is 8.71. The fourth-order valence-corrected chi connectivity index (χ4v) is 3.41. The van der Waals surface area contributed by atoms with Crippen LogP contribution in [0.5, 0.6) is 0 Å². The van der Waals surface area contributed by atoms with Crippen molar-refractivity contribution in [2.75, 3.05) is 13.1 Å². The summed E-state index contributed by atoms with van der Waals surface area (Å²) in [6.07, 6.45) is 5.85. The first kappa shape index (κ1) is 17.2. The number of aromatic nitrogens is 3. The van der Waals surface area contributed by atoms with Crippen LogP contribution in [0.25, 0.3) is 0 Å². The Hall–Kier alpha value is -2.68. The number of aryl methyl sites for hydroxylation is 1. The zero-order chi connectivity index (χ0) is 18.0. The highest BCUT2D eigenvalue weighted by Crippen LogP contribution is 2.26. The molecular formula is C19H23N5O. The quantitative estimate of drug-likeness (QED) is 0.862. The number of hydrogen-bond acceptors (Lipinski definition) is 4. The molecule has 0 aromatic carbocycles. The van der Waals surface area contributed by atoms with Crippen molar-refractivity contribution in [3.8, 4) is 6.07 Å². The molecule has 0 N–H and O–H groups in total. The molecule has 1 aliphatic rings. The van der Waals surface area contributed by atoms with Crippen molar-refractivity contribution >= 4 is 5.91 Å². The second-order valence-electron chi connectivity index (χ2n) is 6.84. The Morgan fingerprint density at radius 2 is 2.20 bits per heavy atom. The first-order valence-electron chi connectivity index (χ1n) is 8.71. The molecule has 1 saturated heterocycles. The van der Waals surface area contributed by atoms with Crippen LogP contribution in [0.3, 0.4) is 0 Å². The standard InChI is InChI=1S/C19H23N5O/c1-13(2)18-21-8-10-24(18)16-5-4-9-23(12-16)19(25)17-7-6-15(11-20)14(3)22-17/h6-8,10,13,16H,4-5,9,12H2,1-3H3. The maximum Gasteiger partial charge on any atom is 0.272 e. The molecule has 1 fully saturated rings. The van der Waals surface area contributed by atoms with E-state index < -0.39 is 0 Å². The molecule has 3 heterocycles. The smallest absolute Gasteiger partial charge is 0.272 e. The summed E-state index contributed by atoms with van der Waals surface area (Å²) < 4.78 is 2.21. The van der Waals surface area contributed by atoms with Gasteiger partial charge in [0.15, 0.2) is 0 Å². The van der Waals surface area contributed by atoms with Crippen molar-refractivity contribution in [3.05, 3.63) is 47.3 Å². The van der Waals surface area contributed by atoms with Crippen molar-refractivity contribution in [1.29, 1.82) is 5.26 Å². The van der Waals surface area contributed by atoms with Gasteiger partial charge in [0.25, 0.3) is 5.91 Å². The molecule has 25 heavy (non-hydrogen) atoms. The minimum absolute atomic E-state index is 0.0662. The molecule has 0 bridgehead atoms. The van der Waals surface area contributed by atoms with E-state index in [2.05, 4.69) is 34.5 Å². The van der Waals surface area contributed by atoms with Crippen molar-refractivity contribution in [2.24, 2.45) is 0 Å². The van der Waals surface area contributed by atoms with Crippen LogP contribution in [0.1, 0.15) is 66.2 Å². The molecule has 130 valence electrons. The highest BCUT2D eigenvalue weighted by atomic mass is 16.2. The number of amides is 1. The molecule has 1 unspecified atom stereocenters. The largest absolute Gasteiger partial charge is 0.335 e. The fraction of sp³-hybridized carbons (Fsp3) is 0.474. The third kappa shape index (κ3) is 3.41. The van der Waals surface area contributed by atoms with Gasteiger partial charge in [-0.3, -0.25) is 4.79 Å². The molecule has 1 atom stereocenters. The second kappa shape index (κ2) is 7.06. The van der Waals surface area contributed by atoms with Crippen LogP contribution in [0.15, 0.2) is 24.5 Å². The Balaban J connectivity index is 1.79. The van der Waals surface area contributed by atoms with Gasteiger partial charge in [-0.2, -0.15) is 5.26 Å². The van der Waals surface area contributed by atoms with Gasteiger partial charge in [-0.25, -0.2) is 9.97 Å². The highest BCUT2D eigenvalue weighted by molar-refractivity contribution is 5.92. The number of rotatable bonds is 3. The van der Waals surface area contributed by atoms with Crippen molar-refractivity contribution in [2.45, 2.75) is 45.6 Å². The minimum Gasteiger partial charge on any atom is -0.335 e. The number of imidazole rings is 1. The molecule has 0 radical (unpaired) electrons. The summed E-state index contributed by atoms with van der Waals surface area (Å²) in [4.78, 5) is 23.5. The highest BCUT2D eigenvalue weighted by Gasteiger charge is 2.27. The molecule has 1 amide bonds. The number of piperidine rings is 1. The third-order valence-corrected chi connectivity index (χ3v) is 4.72. The maximum absolute atomic E-state index is 12.8. The number of carbonyl (C=O) groups is 1. The van der Waals surface area contributed by atoms with Crippen LogP contribution in [-0.2, 0) is 0 Å². The van der Waals surface area contributed by atoms with Gasteiger partial charge in [0.2, 0.25) is 0 Å². The zero-order valence-corrected chi connectivity index (χ0v) is 14.9. The van der Waals surface area contributed by atoms with Gasteiger partial charge in [-0.1, -0.05) is 13.8 Å². The van der Waals surface area contributed by atoms with Crippen molar-refractivity contribution < 1.29 is 4.79 Å². The van der Waals surface area contributed by atoms with E-state index in [0.29, 0.717) is 29.4 Å². The molecule has 2 aromatic heterocycles. The number of pyridine rings is 1. The van der Waals surface area contributed by atoms with Crippen molar-refractivity contribution in [3.63, 3.8) is 0 Å².